The van der Waals surface area contributed by atoms with Crippen molar-refractivity contribution in [1.29, 1.82) is 0 Å². The molecule has 1 aliphatic heterocycles. The van der Waals surface area contributed by atoms with Gasteiger partial charge in [0.05, 0.1) is 0 Å². The Morgan fingerprint density at radius 3 is 2.58 bits per heavy atom. The van der Waals surface area contributed by atoms with Crippen LogP contribution in [0, 0.1) is 12.8 Å². The van der Waals surface area contributed by atoms with Crippen LogP contribution in [0.2, 0.25) is 0 Å². The first kappa shape index (κ1) is 16.7. The second kappa shape index (κ2) is 8.13. The van der Waals surface area contributed by atoms with Gasteiger partial charge >= 0.3 is 0 Å². The number of benzene rings is 1. The number of rotatable bonds is 6. The van der Waals surface area contributed by atoms with Gasteiger partial charge in [-0.3, -0.25) is 0 Å². The molecule has 3 rings (SSSR count). The molecule has 4 nitrogen and oxygen atoms in total. The molecule has 0 saturated carbocycles. The molecule has 1 saturated heterocycles. The highest BCUT2D eigenvalue weighted by molar-refractivity contribution is 5.49. The topological polar surface area (TPSA) is 41.0 Å². The molecule has 2 aromatic rings. The Labute approximate surface area is 145 Å². The molecule has 2 heterocycles. The van der Waals surface area contributed by atoms with Gasteiger partial charge in [-0.1, -0.05) is 37.3 Å². The van der Waals surface area contributed by atoms with Crippen LogP contribution in [0.1, 0.15) is 37.6 Å². The Morgan fingerprint density at radius 2 is 1.88 bits per heavy atom. The van der Waals surface area contributed by atoms with Crippen molar-refractivity contribution in [3.8, 4) is 0 Å². The van der Waals surface area contributed by atoms with E-state index in [1.54, 1.807) is 0 Å². The lowest BCUT2D eigenvalue weighted by Gasteiger charge is -2.33. The highest BCUT2D eigenvalue weighted by atomic mass is 15.2. The molecule has 0 amide bonds. The second-order valence-corrected chi connectivity index (χ2v) is 6.71. The standard InChI is InChI=1S/C20H28N4/c1-3-11-21-19-15-20(23-16(2)22-19)24-12-9-18(10-13-24)14-17-7-5-4-6-8-17/h4-8,15,18H,3,9-14H2,1-2H3,(H,21,22,23). The van der Waals surface area contributed by atoms with Gasteiger partial charge in [0.2, 0.25) is 0 Å². The van der Waals surface area contributed by atoms with E-state index in [0.29, 0.717) is 0 Å². The quantitative estimate of drug-likeness (QED) is 0.870. The smallest absolute Gasteiger partial charge is 0.134 e. The van der Waals surface area contributed by atoms with E-state index in [2.05, 4.69) is 63.5 Å². The zero-order valence-corrected chi connectivity index (χ0v) is 14.8. The van der Waals surface area contributed by atoms with E-state index < -0.39 is 0 Å². The molecular formula is C20H28N4. The van der Waals surface area contributed by atoms with Crippen molar-refractivity contribution in [3.05, 3.63) is 47.8 Å². The van der Waals surface area contributed by atoms with Crippen LogP contribution < -0.4 is 10.2 Å². The Morgan fingerprint density at radius 1 is 1.12 bits per heavy atom. The van der Waals surface area contributed by atoms with Crippen LogP contribution in [0.3, 0.4) is 0 Å². The fourth-order valence-electron chi connectivity index (χ4n) is 3.37. The number of nitrogens with one attached hydrogen (secondary N) is 1. The van der Waals surface area contributed by atoms with Gasteiger partial charge in [-0.25, -0.2) is 9.97 Å². The molecule has 0 aliphatic carbocycles. The molecule has 128 valence electrons. The second-order valence-electron chi connectivity index (χ2n) is 6.71. The van der Waals surface area contributed by atoms with E-state index in [1.165, 1.54) is 24.8 Å². The summed E-state index contributed by atoms with van der Waals surface area (Å²) in [6, 6.07) is 12.9. The van der Waals surface area contributed by atoms with Gasteiger partial charge in [0.1, 0.15) is 17.5 Å². The third-order valence-electron chi connectivity index (χ3n) is 4.69. The van der Waals surface area contributed by atoms with Crippen molar-refractivity contribution in [1.82, 2.24) is 9.97 Å². The number of aryl methyl sites for hydroxylation is 1. The summed E-state index contributed by atoms with van der Waals surface area (Å²) >= 11 is 0. The van der Waals surface area contributed by atoms with Crippen molar-refractivity contribution in [2.24, 2.45) is 5.92 Å². The van der Waals surface area contributed by atoms with E-state index in [4.69, 9.17) is 0 Å². The first-order valence-corrected chi connectivity index (χ1v) is 9.13. The zero-order chi connectivity index (χ0) is 16.8. The lowest BCUT2D eigenvalue weighted by Crippen LogP contribution is -2.35. The number of anilines is 2. The number of nitrogens with zero attached hydrogens (tertiary/aromatic N) is 3. The lowest BCUT2D eigenvalue weighted by molar-refractivity contribution is 0.402. The fourth-order valence-corrected chi connectivity index (χ4v) is 3.37. The molecule has 1 aromatic carbocycles. The summed E-state index contributed by atoms with van der Waals surface area (Å²) in [6.45, 7) is 7.26. The monoisotopic (exact) mass is 324 g/mol. The normalized spacial score (nSPS) is 15.5. The Hall–Kier alpha value is -2.10. The van der Waals surface area contributed by atoms with Crippen LogP contribution in [0.4, 0.5) is 11.6 Å². The fraction of sp³-hybridized carbons (Fsp3) is 0.500. The van der Waals surface area contributed by atoms with Crippen LogP contribution >= 0.6 is 0 Å². The third-order valence-corrected chi connectivity index (χ3v) is 4.69. The molecule has 0 unspecified atom stereocenters. The van der Waals surface area contributed by atoms with E-state index in [0.717, 1.165) is 49.4 Å². The third kappa shape index (κ3) is 4.47. The van der Waals surface area contributed by atoms with Crippen molar-refractivity contribution in [2.45, 2.75) is 39.5 Å². The minimum absolute atomic E-state index is 0.782. The molecular weight excluding hydrogens is 296 g/mol. The number of piperidine rings is 1. The van der Waals surface area contributed by atoms with E-state index in [-0.39, 0.29) is 0 Å². The lowest BCUT2D eigenvalue weighted by atomic mass is 9.90. The van der Waals surface area contributed by atoms with Gasteiger partial charge in [0.15, 0.2) is 0 Å². The molecule has 1 N–H and O–H groups in total. The van der Waals surface area contributed by atoms with Crippen LogP contribution in [0.25, 0.3) is 0 Å². The maximum absolute atomic E-state index is 4.65. The summed E-state index contributed by atoms with van der Waals surface area (Å²) in [5.74, 6) is 3.65. The van der Waals surface area contributed by atoms with Gasteiger partial charge < -0.3 is 10.2 Å². The predicted octanol–water partition coefficient (Wildman–Crippen LogP) is 4.07. The Balaban J connectivity index is 1.59. The molecule has 1 fully saturated rings. The molecule has 0 bridgehead atoms. The van der Waals surface area contributed by atoms with Gasteiger partial charge in [0.25, 0.3) is 0 Å². The molecule has 4 heteroatoms. The van der Waals surface area contributed by atoms with E-state index in [9.17, 15) is 0 Å². The molecule has 0 spiro atoms. The summed E-state index contributed by atoms with van der Waals surface area (Å²) in [6.07, 6.45) is 4.76. The van der Waals surface area contributed by atoms with Crippen LogP contribution in [-0.2, 0) is 6.42 Å². The summed E-state index contributed by atoms with van der Waals surface area (Å²) in [5.41, 5.74) is 1.46. The van der Waals surface area contributed by atoms with E-state index in [1.807, 2.05) is 6.92 Å². The summed E-state index contributed by atoms with van der Waals surface area (Å²) in [4.78, 5) is 11.5. The average molecular weight is 324 g/mol. The largest absolute Gasteiger partial charge is 0.370 e. The highest BCUT2D eigenvalue weighted by Gasteiger charge is 2.21. The predicted molar refractivity (Wildman–Crippen MR) is 101 cm³/mol. The van der Waals surface area contributed by atoms with Gasteiger partial charge in [-0.05, 0) is 44.1 Å². The minimum Gasteiger partial charge on any atom is -0.370 e. The Bertz CT molecular complexity index is 633. The van der Waals surface area contributed by atoms with Crippen LogP contribution in [0.5, 0.6) is 0 Å². The molecule has 0 radical (unpaired) electrons. The van der Waals surface area contributed by atoms with E-state index >= 15 is 0 Å². The summed E-state index contributed by atoms with van der Waals surface area (Å²) < 4.78 is 0. The van der Waals surface area contributed by atoms with Crippen LogP contribution in [0.15, 0.2) is 36.4 Å². The maximum atomic E-state index is 4.65. The highest BCUT2D eigenvalue weighted by Crippen LogP contribution is 2.25. The maximum Gasteiger partial charge on any atom is 0.134 e. The zero-order valence-electron chi connectivity index (χ0n) is 14.8. The van der Waals surface area contributed by atoms with Crippen molar-refractivity contribution in [2.75, 3.05) is 29.9 Å². The summed E-state index contributed by atoms with van der Waals surface area (Å²) in [5, 5.41) is 3.38. The molecule has 0 atom stereocenters. The van der Waals surface area contributed by atoms with Gasteiger partial charge in [-0.2, -0.15) is 0 Å². The average Bonchev–Trinajstić information content (AvgIpc) is 2.61. The minimum atomic E-state index is 0.782. The number of aromatic nitrogens is 2. The van der Waals surface area contributed by atoms with Crippen molar-refractivity contribution < 1.29 is 0 Å². The molecule has 1 aliphatic rings. The molecule has 24 heavy (non-hydrogen) atoms. The number of hydrogen-bond donors (Lipinski definition) is 1. The van der Waals surface area contributed by atoms with Crippen molar-refractivity contribution >= 4 is 11.6 Å². The SMILES string of the molecule is CCCNc1cc(N2CCC(Cc3ccccc3)CC2)nc(C)n1. The first-order chi connectivity index (χ1) is 11.7. The number of hydrogen-bond acceptors (Lipinski definition) is 4. The molecule has 1 aromatic heterocycles. The first-order valence-electron chi connectivity index (χ1n) is 9.13. The van der Waals surface area contributed by atoms with Crippen LogP contribution in [-0.4, -0.2) is 29.6 Å². The van der Waals surface area contributed by atoms with Gasteiger partial charge in [0, 0.05) is 25.7 Å². The van der Waals surface area contributed by atoms with Crippen molar-refractivity contribution in [3.63, 3.8) is 0 Å². The summed E-state index contributed by atoms with van der Waals surface area (Å²) in [7, 11) is 0. The Kier molecular flexibility index (Phi) is 5.68. The van der Waals surface area contributed by atoms with Gasteiger partial charge in [-0.15, -0.1) is 0 Å².